The first-order valence-electron chi connectivity index (χ1n) is 16.4. The predicted octanol–water partition coefficient (Wildman–Crippen LogP) is 5.95. The number of nitrogens with one attached hydrogen (secondary N) is 1. The van der Waals surface area contributed by atoms with Crippen LogP contribution in [0.5, 0.6) is 11.5 Å². The van der Waals surface area contributed by atoms with Crippen LogP contribution < -0.4 is 10.2 Å². The van der Waals surface area contributed by atoms with Gasteiger partial charge in [0.2, 0.25) is 0 Å². The highest BCUT2D eigenvalue weighted by Crippen LogP contribution is 2.41. The van der Waals surface area contributed by atoms with Crippen LogP contribution in [0, 0.1) is 0 Å². The maximum absolute atomic E-state index is 13.7. The van der Waals surface area contributed by atoms with Gasteiger partial charge in [0.15, 0.2) is 5.82 Å². The number of aromatic nitrogens is 2. The lowest BCUT2D eigenvalue weighted by molar-refractivity contribution is 0.0734. The van der Waals surface area contributed by atoms with E-state index in [2.05, 4.69) is 10.2 Å². The molecule has 2 aromatic carbocycles. The quantitative estimate of drug-likeness (QED) is 0.240. The van der Waals surface area contributed by atoms with Crippen LogP contribution in [0.2, 0.25) is 0 Å². The molecule has 5 heterocycles. The number of anilines is 2. The summed E-state index contributed by atoms with van der Waals surface area (Å²) in [4.78, 5) is 44.4. The van der Waals surface area contributed by atoms with Gasteiger partial charge in [-0.1, -0.05) is 13.8 Å². The number of urea groups is 1. The van der Waals surface area contributed by atoms with Crippen molar-refractivity contribution in [3.8, 4) is 22.9 Å². The second kappa shape index (κ2) is 13.0. The summed E-state index contributed by atoms with van der Waals surface area (Å²) in [5.74, 6) is 0.988. The third-order valence-corrected chi connectivity index (χ3v) is 10.4. The summed E-state index contributed by atoms with van der Waals surface area (Å²) in [6.45, 7) is 9.03. The Labute approximate surface area is 277 Å². The average Bonchev–Trinajstić information content (AvgIpc) is 3.46. The summed E-state index contributed by atoms with van der Waals surface area (Å²) in [5, 5.41) is 24.9. The van der Waals surface area contributed by atoms with E-state index < -0.39 is 0 Å². The van der Waals surface area contributed by atoms with Crippen LogP contribution in [-0.4, -0.2) is 87.9 Å². The zero-order valence-electron chi connectivity index (χ0n) is 26.8. The van der Waals surface area contributed by atoms with Crippen LogP contribution in [0.15, 0.2) is 36.4 Å². The lowest BCUT2D eigenvalue weighted by Gasteiger charge is -2.30. The number of hydrogen-bond acceptors (Lipinski definition) is 9. The molecule has 3 amide bonds. The number of phenols is 2. The number of thiophene rings is 1. The summed E-state index contributed by atoms with van der Waals surface area (Å²) in [5.41, 5.74) is 3.57. The molecule has 0 saturated carbocycles. The summed E-state index contributed by atoms with van der Waals surface area (Å²) < 4.78 is 5.65. The fourth-order valence-corrected chi connectivity index (χ4v) is 7.91. The van der Waals surface area contributed by atoms with Gasteiger partial charge >= 0.3 is 6.03 Å². The molecule has 12 heteroatoms. The molecule has 2 aromatic heterocycles. The first-order chi connectivity index (χ1) is 22.8. The first kappa shape index (κ1) is 31.2. The van der Waals surface area contributed by atoms with E-state index in [1.165, 1.54) is 12.5 Å². The third-order valence-electron chi connectivity index (χ3n) is 9.31. The number of rotatable bonds is 5. The summed E-state index contributed by atoms with van der Waals surface area (Å²) >= 11 is 1.58. The number of carbonyl (C=O) groups excluding carboxylic acids is 2. The molecule has 0 radical (unpaired) electrons. The molecule has 7 rings (SSSR count). The molecular formula is C35H40N6O5S. The SMILES string of the molecule is CC(C)c1cc(C(=O)N2CCc3c(sc4nc(-c5ccc(NC(=O)N6CCCCC6)cc5)nc(N5CCOCC5)c34)C2)c(O)cc1O. The minimum absolute atomic E-state index is 0.00130. The number of phenolic OH excluding ortho intramolecular Hbond substituents is 2. The molecule has 3 aliphatic rings. The molecule has 11 nitrogen and oxygen atoms in total. The zero-order chi connectivity index (χ0) is 32.7. The Bertz CT molecular complexity index is 1810. The second-order valence-corrected chi connectivity index (χ2v) is 13.9. The van der Waals surface area contributed by atoms with Crippen LogP contribution >= 0.6 is 11.3 Å². The van der Waals surface area contributed by atoms with Gasteiger partial charge in [0.25, 0.3) is 5.91 Å². The minimum atomic E-state index is -0.264. The maximum Gasteiger partial charge on any atom is 0.321 e. The molecule has 246 valence electrons. The average molecular weight is 657 g/mol. The smallest absolute Gasteiger partial charge is 0.321 e. The molecule has 2 saturated heterocycles. The third kappa shape index (κ3) is 6.19. The molecule has 47 heavy (non-hydrogen) atoms. The Morgan fingerprint density at radius 1 is 0.915 bits per heavy atom. The van der Waals surface area contributed by atoms with Gasteiger partial charge in [0.05, 0.1) is 30.7 Å². The van der Waals surface area contributed by atoms with Crippen molar-refractivity contribution in [3.05, 3.63) is 58.0 Å². The van der Waals surface area contributed by atoms with E-state index in [1.807, 2.05) is 43.0 Å². The molecule has 2 fully saturated rings. The van der Waals surface area contributed by atoms with Gasteiger partial charge in [-0.25, -0.2) is 14.8 Å². The predicted molar refractivity (Wildman–Crippen MR) is 183 cm³/mol. The van der Waals surface area contributed by atoms with Gasteiger partial charge in [0, 0.05) is 54.9 Å². The van der Waals surface area contributed by atoms with Gasteiger partial charge in [-0.2, -0.15) is 0 Å². The number of amides is 3. The van der Waals surface area contributed by atoms with E-state index in [0.29, 0.717) is 44.1 Å². The number of aromatic hydroxyl groups is 2. The summed E-state index contributed by atoms with van der Waals surface area (Å²) in [6, 6.07) is 10.5. The molecule has 0 spiro atoms. The number of benzene rings is 2. The van der Waals surface area contributed by atoms with Crippen LogP contribution in [0.25, 0.3) is 21.6 Å². The number of carbonyl (C=O) groups is 2. The highest BCUT2D eigenvalue weighted by atomic mass is 32.1. The van der Waals surface area contributed by atoms with Crippen molar-refractivity contribution in [2.75, 3.05) is 56.2 Å². The van der Waals surface area contributed by atoms with Crippen molar-refractivity contribution >= 4 is 45.0 Å². The van der Waals surface area contributed by atoms with Gasteiger partial charge in [-0.15, -0.1) is 11.3 Å². The fraction of sp³-hybridized carbons (Fsp3) is 0.429. The van der Waals surface area contributed by atoms with Crippen LogP contribution in [0.3, 0.4) is 0 Å². The topological polar surface area (TPSA) is 131 Å². The van der Waals surface area contributed by atoms with E-state index in [-0.39, 0.29) is 34.9 Å². The normalized spacial score (nSPS) is 16.9. The van der Waals surface area contributed by atoms with Crippen LogP contribution in [0.4, 0.5) is 16.3 Å². The molecular weight excluding hydrogens is 616 g/mol. The number of fused-ring (bicyclic) bond motifs is 3. The number of likely N-dealkylation sites (tertiary alicyclic amines) is 1. The number of morpholine rings is 1. The molecule has 3 aliphatic heterocycles. The Morgan fingerprint density at radius 2 is 1.66 bits per heavy atom. The van der Waals surface area contributed by atoms with Crippen molar-refractivity contribution in [3.63, 3.8) is 0 Å². The van der Waals surface area contributed by atoms with Crippen molar-refractivity contribution in [1.82, 2.24) is 19.8 Å². The minimum Gasteiger partial charge on any atom is -0.508 e. The van der Waals surface area contributed by atoms with Gasteiger partial charge in [-0.05, 0) is 73.1 Å². The molecule has 3 N–H and O–H groups in total. The molecule has 0 aliphatic carbocycles. The lowest BCUT2D eigenvalue weighted by Crippen LogP contribution is -2.38. The van der Waals surface area contributed by atoms with Gasteiger partial charge in [-0.3, -0.25) is 4.79 Å². The summed E-state index contributed by atoms with van der Waals surface area (Å²) in [7, 11) is 0. The Morgan fingerprint density at radius 3 is 2.38 bits per heavy atom. The Balaban J connectivity index is 1.19. The van der Waals surface area contributed by atoms with E-state index in [4.69, 9.17) is 14.7 Å². The van der Waals surface area contributed by atoms with Crippen molar-refractivity contribution in [2.45, 2.75) is 52.0 Å². The highest BCUT2D eigenvalue weighted by molar-refractivity contribution is 7.19. The molecule has 0 unspecified atom stereocenters. The van der Waals surface area contributed by atoms with E-state index in [0.717, 1.165) is 76.7 Å². The van der Waals surface area contributed by atoms with Crippen LogP contribution in [0.1, 0.15) is 65.4 Å². The summed E-state index contributed by atoms with van der Waals surface area (Å²) in [6.07, 6.45) is 3.89. The molecule has 4 aromatic rings. The first-order valence-corrected chi connectivity index (χ1v) is 17.2. The number of hydrogen-bond donors (Lipinski definition) is 3. The van der Waals surface area contributed by atoms with Crippen molar-refractivity contribution in [1.29, 1.82) is 0 Å². The van der Waals surface area contributed by atoms with Crippen molar-refractivity contribution in [2.24, 2.45) is 0 Å². The fourth-order valence-electron chi connectivity index (χ4n) is 6.68. The van der Waals surface area contributed by atoms with Gasteiger partial charge in [0.1, 0.15) is 22.1 Å². The zero-order valence-corrected chi connectivity index (χ0v) is 27.6. The number of ether oxygens (including phenoxy) is 1. The van der Waals surface area contributed by atoms with E-state index >= 15 is 0 Å². The number of piperidine rings is 1. The maximum atomic E-state index is 13.7. The monoisotopic (exact) mass is 656 g/mol. The van der Waals surface area contributed by atoms with Crippen LogP contribution in [-0.2, 0) is 17.7 Å². The molecule has 0 bridgehead atoms. The Kier molecular flexibility index (Phi) is 8.63. The Hall–Kier alpha value is -4.42. The van der Waals surface area contributed by atoms with E-state index in [1.54, 1.807) is 22.3 Å². The molecule has 0 atom stereocenters. The largest absolute Gasteiger partial charge is 0.508 e. The van der Waals surface area contributed by atoms with Crippen molar-refractivity contribution < 1.29 is 24.5 Å². The number of nitrogens with zero attached hydrogens (tertiary/aromatic N) is 5. The second-order valence-electron chi connectivity index (χ2n) is 12.8. The van der Waals surface area contributed by atoms with Gasteiger partial charge < -0.3 is 35.0 Å². The standard InChI is InChI=1S/C35H40N6O5S/c1-21(2)25-18-26(28(43)19-27(25)42)34(44)41-13-10-24-29(20-41)47-33-30(24)32(39-14-16-46-17-15-39)37-31(38-33)22-6-8-23(9-7-22)36-35(45)40-11-4-3-5-12-40/h6-9,18-19,21,42-43H,3-5,10-17,20H2,1-2H3,(H,36,45). The van der Waals surface area contributed by atoms with E-state index in [9.17, 15) is 19.8 Å². The highest BCUT2D eigenvalue weighted by Gasteiger charge is 2.31. The lowest BCUT2D eigenvalue weighted by atomic mass is 9.97.